The largest absolute Gasteiger partial charge is 0.497 e. The molecule has 0 aromatic heterocycles. The van der Waals surface area contributed by atoms with Gasteiger partial charge in [0.25, 0.3) is 0 Å². The summed E-state index contributed by atoms with van der Waals surface area (Å²) in [5, 5.41) is 0. The maximum absolute atomic E-state index is 11.7. The summed E-state index contributed by atoms with van der Waals surface area (Å²) in [5.74, 6) is 0.118. The van der Waals surface area contributed by atoms with Crippen LogP contribution in [0.4, 0.5) is 0 Å². The van der Waals surface area contributed by atoms with Gasteiger partial charge in [-0.3, -0.25) is 4.79 Å². The van der Waals surface area contributed by atoms with Gasteiger partial charge in [-0.25, -0.2) is 4.79 Å². The van der Waals surface area contributed by atoms with Crippen molar-refractivity contribution in [3.05, 3.63) is 47.7 Å². The van der Waals surface area contributed by atoms with Crippen molar-refractivity contribution in [3.8, 4) is 5.75 Å². The van der Waals surface area contributed by atoms with Crippen LogP contribution in [0.25, 0.3) is 5.76 Å². The van der Waals surface area contributed by atoms with Crippen LogP contribution in [0.5, 0.6) is 5.75 Å². The van der Waals surface area contributed by atoms with Gasteiger partial charge in [-0.1, -0.05) is 0 Å². The summed E-state index contributed by atoms with van der Waals surface area (Å²) in [6.45, 7) is 1.93. The molecule has 1 aliphatic heterocycles. The van der Waals surface area contributed by atoms with Gasteiger partial charge in [0.05, 0.1) is 19.8 Å². The van der Waals surface area contributed by atoms with E-state index in [1.54, 1.807) is 38.3 Å². The minimum absolute atomic E-state index is 0.0331. The summed E-state index contributed by atoms with van der Waals surface area (Å²) in [5.41, 5.74) is 0.728. The van der Waals surface area contributed by atoms with Crippen molar-refractivity contribution in [2.75, 3.05) is 13.7 Å². The zero-order chi connectivity index (χ0) is 14.5. The van der Waals surface area contributed by atoms with E-state index in [1.807, 2.05) is 0 Å². The van der Waals surface area contributed by atoms with Crippen LogP contribution in [0.2, 0.25) is 0 Å². The Bertz CT molecular complexity index is 581. The van der Waals surface area contributed by atoms with Crippen molar-refractivity contribution in [2.24, 2.45) is 0 Å². The number of hydrogen-bond donors (Lipinski definition) is 0. The van der Waals surface area contributed by atoms with Gasteiger partial charge in [-0.2, -0.15) is 0 Å². The number of carbonyl (C=O) groups excluding carboxylic acids is 2. The maximum atomic E-state index is 11.7. The molecule has 20 heavy (non-hydrogen) atoms. The van der Waals surface area contributed by atoms with Crippen molar-refractivity contribution in [3.63, 3.8) is 0 Å². The number of allylic oxidation sites excluding steroid dienone is 1. The third-order valence-corrected chi connectivity index (χ3v) is 2.64. The molecule has 0 spiro atoms. The first-order chi connectivity index (χ1) is 9.63. The number of ether oxygens (including phenoxy) is 3. The fraction of sp³-hybridized carbons (Fsp3) is 0.200. The van der Waals surface area contributed by atoms with Crippen LogP contribution < -0.4 is 4.74 Å². The standard InChI is InChI=1S/C15H14O5/c1-3-19-15(17)9-14-12(16)8-13(20-14)10-4-6-11(18-2)7-5-10/h4-9H,3H2,1-2H3/b14-9-. The highest BCUT2D eigenvalue weighted by Crippen LogP contribution is 2.27. The molecule has 5 heteroatoms. The van der Waals surface area contributed by atoms with E-state index in [1.165, 1.54) is 6.08 Å². The molecule has 1 aliphatic rings. The van der Waals surface area contributed by atoms with Crippen molar-refractivity contribution in [1.29, 1.82) is 0 Å². The molecular formula is C15H14O5. The van der Waals surface area contributed by atoms with Crippen LogP contribution >= 0.6 is 0 Å². The lowest BCUT2D eigenvalue weighted by Crippen LogP contribution is -2.04. The number of hydrogen-bond acceptors (Lipinski definition) is 5. The predicted molar refractivity (Wildman–Crippen MR) is 71.8 cm³/mol. The Labute approximate surface area is 116 Å². The molecule has 0 N–H and O–H groups in total. The molecule has 1 aromatic rings. The zero-order valence-corrected chi connectivity index (χ0v) is 11.2. The van der Waals surface area contributed by atoms with Crippen molar-refractivity contribution in [1.82, 2.24) is 0 Å². The molecule has 2 rings (SSSR count). The first kappa shape index (κ1) is 13.9. The first-order valence-corrected chi connectivity index (χ1v) is 6.10. The topological polar surface area (TPSA) is 61.8 Å². The Balaban J connectivity index is 2.14. The summed E-state index contributed by atoms with van der Waals surface area (Å²) >= 11 is 0. The molecule has 0 saturated carbocycles. The van der Waals surface area contributed by atoms with Gasteiger partial charge >= 0.3 is 5.97 Å². The SMILES string of the molecule is CCOC(=O)/C=C1\OC(c2ccc(OC)cc2)=CC1=O. The molecule has 0 fully saturated rings. The first-order valence-electron chi connectivity index (χ1n) is 6.10. The summed E-state index contributed by atoms with van der Waals surface area (Å²) in [4.78, 5) is 23.0. The van der Waals surface area contributed by atoms with Gasteiger partial charge in [-0.05, 0) is 31.2 Å². The average Bonchev–Trinajstić information content (AvgIpc) is 2.80. The fourth-order valence-corrected chi connectivity index (χ4v) is 1.68. The van der Waals surface area contributed by atoms with E-state index in [2.05, 4.69) is 0 Å². The predicted octanol–water partition coefficient (Wildman–Crippen LogP) is 2.08. The van der Waals surface area contributed by atoms with Crippen LogP contribution in [0.1, 0.15) is 12.5 Å². The minimum Gasteiger partial charge on any atom is -0.497 e. The number of ketones is 1. The van der Waals surface area contributed by atoms with Crippen LogP contribution in [-0.2, 0) is 19.1 Å². The second-order valence-electron chi connectivity index (χ2n) is 3.96. The van der Waals surface area contributed by atoms with Gasteiger partial charge < -0.3 is 14.2 Å². The van der Waals surface area contributed by atoms with Crippen LogP contribution in [-0.4, -0.2) is 25.5 Å². The van der Waals surface area contributed by atoms with Gasteiger partial charge in [-0.15, -0.1) is 0 Å². The van der Waals surface area contributed by atoms with E-state index in [-0.39, 0.29) is 18.1 Å². The molecule has 1 aromatic carbocycles. The number of methoxy groups -OCH3 is 1. The van der Waals surface area contributed by atoms with Gasteiger partial charge in [0.1, 0.15) is 11.5 Å². The Morgan fingerprint density at radius 3 is 2.60 bits per heavy atom. The van der Waals surface area contributed by atoms with Crippen molar-refractivity contribution >= 4 is 17.5 Å². The maximum Gasteiger partial charge on any atom is 0.334 e. The monoisotopic (exact) mass is 274 g/mol. The summed E-state index contributed by atoms with van der Waals surface area (Å²) in [6.07, 6.45) is 2.39. The van der Waals surface area contributed by atoms with Crippen LogP contribution in [0, 0.1) is 0 Å². The highest BCUT2D eigenvalue weighted by Gasteiger charge is 2.23. The van der Waals surface area contributed by atoms with E-state index < -0.39 is 5.97 Å². The molecule has 0 bridgehead atoms. The molecule has 104 valence electrons. The Kier molecular flexibility index (Phi) is 4.20. The van der Waals surface area contributed by atoms with Crippen molar-refractivity contribution in [2.45, 2.75) is 6.92 Å². The average molecular weight is 274 g/mol. The molecule has 0 amide bonds. The molecule has 0 unspecified atom stereocenters. The highest BCUT2D eigenvalue weighted by molar-refractivity contribution is 6.12. The Morgan fingerprint density at radius 1 is 1.30 bits per heavy atom. The fourth-order valence-electron chi connectivity index (χ4n) is 1.68. The molecular weight excluding hydrogens is 260 g/mol. The third-order valence-electron chi connectivity index (χ3n) is 2.64. The number of esters is 1. The molecule has 5 nitrogen and oxygen atoms in total. The lowest BCUT2D eigenvalue weighted by Gasteiger charge is -2.05. The summed E-state index contributed by atoms with van der Waals surface area (Å²) in [7, 11) is 1.57. The van der Waals surface area contributed by atoms with E-state index >= 15 is 0 Å². The van der Waals surface area contributed by atoms with Crippen LogP contribution in [0.3, 0.4) is 0 Å². The minimum atomic E-state index is -0.597. The second kappa shape index (κ2) is 6.06. The quantitative estimate of drug-likeness (QED) is 0.621. The van der Waals surface area contributed by atoms with Crippen LogP contribution in [0.15, 0.2) is 42.2 Å². The third kappa shape index (κ3) is 3.06. The smallest absolute Gasteiger partial charge is 0.334 e. The number of carbonyl (C=O) groups is 2. The highest BCUT2D eigenvalue weighted by atomic mass is 16.5. The molecule has 0 radical (unpaired) electrons. The Morgan fingerprint density at radius 2 is 2.00 bits per heavy atom. The molecule has 0 aliphatic carbocycles. The molecule has 0 atom stereocenters. The van der Waals surface area contributed by atoms with E-state index in [9.17, 15) is 9.59 Å². The second-order valence-corrected chi connectivity index (χ2v) is 3.96. The molecule has 1 heterocycles. The lowest BCUT2D eigenvalue weighted by molar-refractivity contribution is -0.137. The van der Waals surface area contributed by atoms with E-state index in [0.29, 0.717) is 11.5 Å². The van der Waals surface area contributed by atoms with Gasteiger partial charge in [0, 0.05) is 11.6 Å². The van der Waals surface area contributed by atoms with E-state index in [0.717, 1.165) is 11.6 Å². The number of benzene rings is 1. The van der Waals surface area contributed by atoms with E-state index in [4.69, 9.17) is 14.2 Å². The summed E-state index contributed by atoms with van der Waals surface area (Å²) < 4.78 is 15.2. The number of rotatable bonds is 4. The summed E-state index contributed by atoms with van der Waals surface area (Å²) in [6, 6.07) is 7.06. The van der Waals surface area contributed by atoms with Gasteiger partial charge in [0.15, 0.2) is 5.76 Å². The molecule has 0 saturated heterocycles. The zero-order valence-electron chi connectivity index (χ0n) is 11.2. The lowest BCUT2D eigenvalue weighted by atomic mass is 10.1. The normalized spacial score (nSPS) is 15.8. The van der Waals surface area contributed by atoms with Gasteiger partial charge in [0.2, 0.25) is 5.78 Å². The van der Waals surface area contributed by atoms with Crippen molar-refractivity contribution < 1.29 is 23.8 Å². The Hall–Kier alpha value is -2.56.